The van der Waals surface area contributed by atoms with Gasteiger partial charge in [0.25, 0.3) is 0 Å². The molecule has 0 aromatic heterocycles. The number of esters is 2. The number of hydrogen-bond donors (Lipinski definition) is 0. The van der Waals surface area contributed by atoms with E-state index in [2.05, 4.69) is 40.9 Å². The fraction of sp³-hybridized carbons (Fsp3) is 0.750. The molecule has 2 atom stereocenters. The van der Waals surface area contributed by atoms with Crippen molar-refractivity contribution in [1.82, 2.24) is 0 Å². The quantitative estimate of drug-likeness (QED) is 0.216. The molecule has 0 rings (SSSR count). The van der Waals surface area contributed by atoms with E-state index in [9.17, 15) is 9.59 Å². The summed E-state index contributed by atoms with van der Waals surface area (Å²) in [5.41, 5.74) is 0.476. The molecule has 2 unspecified atom stereocenters. The molecular weight excluding hydrogens is 368 g/mol. The third kappa shape index (κ3) is 13.3. The van der Waals surface area contributed by atoms with Crippen LogP contribution in [0.1, 0.15) is 79.1 Å². The molecule has 0 spiro atoms. The Bertz CT molecular complexity index is 453. The van der Waals surface area contributed by atoms with E-state index in [1.54, 1.807) is 0 Å². The molecule has 5 nitrogen and oxygen atoms in total. The van der Waals surface area contributed by atoms with Gasteiger partial charge < -0.3 is 14.2 Å². The molecule has 0 bridgehead atoms. The summed E-state index contributed by atoms with van der Waals surface area (Å²) in [7, 11) is 0. The number of ether oxygens (including phenoxy) is 3. The van der Waals surface area contributed by atoms with Gasteiger partial charge in [0.05, 0.1) is 37.6 Å². The molecular formula is C24H42O5. The maximum absolute atomic E-state index is 12.0. The average molecular weight is 411 g/mol. The van der Waals surface area contributed by atoms with Crippen LogP contribution in [0.2, 0.25) is 0 Å². The summed E-state index contributed by atoms with van der Waals surface area (Å²) in [6, 6.07) is 0. The molecule has 0 aromatic carbocycles. The van der Waals surface area contributed by atoms with Crippen LogP contribution in [0.25, 0.3) is 0 Å². The summed E-state index contributed by atoms with van der Waals surface area (Å²) in [4.78, 5) is 24.1. The number of hydrogen-bond acceptors (Lipinski definition) is 5. The van der Waals surface area contributed by atoms with E-state index in [4.69, 9.17) is 14.2 Å². The van der Waals surface area contributed by atoms with Gasteiger partial charge in [0.15, 0.2) is 0 Å². The van der Waals surface area contributed by atoms with E-state index in [1.807, 2.05) is 0 Å². The molecule has 0 saturated carbocycles. The first-order valence-corrected chi connectivity index (χ1v) is 11.2. The summed E-state index contributed by atoms with van der Waals surface area (Å²) in [6.07, 6.45) is 8.62. The van der Waals surface area contributed by atoms with E-state index >= 15 is 0 Å². The fourth-order valence-electron chi connectivity index (χ4n) is 2.80. The topological polar surface area (TPSA) is 61.8 Å². The Labute approximate surface area is 177 Å². The van der Waals surface area contributed by atoms with Gasteiger partial charge in [0.1, 0.15) is 0 Å². The fourth-order valence-corrected chi connectivity index (χ4v) is 2.80. The molecule has 0 fully saturated rings. The van der Waals surface area contributed by atoms with Crippen molar-refractivity contribution in [2.24, 2.45) is 11.8 Å². The van der Waals surface area contributed by atoms with Gasteiger partial charge in [0, 0.05) is 0 Å². The third-order valence-electron chi connectivity index (χ3n) is 5.12. The smallest absolute Gasteiger partial charge is 0.335 e. The Morgan fingerprint density at radius 1 is 0.724 bits per heavy atom. The molecule has 0 aliphatic rings. The van der Waals surface area contributed by atoms with Crippen molar-refractivity contribution in [1.29, 1.82) is 0 Å². The third-order valence-corrected chi connectivity index (χ3v) is 5.12. The summed E-state index contributed by atoms with van der Waals surface area (Å²) >= 11 is 0. The van der Waals surface area contributed by atoms with Crippen molar-refractivity contribution in [3.63, 3.8) is 0 Å². The highest BCUT2D eigenvalue weighted by atomic mass is 16.5. The summed E-state index contributed by atoms with van der Waals surface area (Å²) < 4.78 is 16.1. The standard InChI is InChI=1S/C24H42O5/c1-7-11-13-21(9-3)17-28-23(25)19(5)15-27-16-20(6)24(26)29-18-22(10-4)14-12-8-2/h21-22H,5-18H2,1-4H3. The van der Waals surface area contributed by atoms with E-state index in [0.29, 0.717) is 25.0 Å². The number of carbonyl (C=O) groups excluding carboxylic acids is 2. The lowest BCUT2D eigenvalue weighted by Crippen LogP contribution is -2.19. The minimum Gasteiger partial charge on any atom is -0.462 e. The lowest BCUT2D eigenvalue weighted by atomic mass is 10.0. The largest absolute Gasteiger partial charge is 0.462 e. The SMILES string of the molecule is C=C(COCC(=C)C(=O)OCC(CC)CCCC)C(=O)OCC(CC)CCCC. The maximum atomic E-state index is 12.0. The van der Waals surface area contributed by atoms with Crippen LogP contribution in [0.15, 0.2) is 24.3 Å². The first-order valence-electron chi connectivity index (χ1n) is 11.2. The van der Waals surface area contributed by atoms with Crippen molar-refractivity contribution in [3.05, 3.63) is 24.3 Å². The van der Waals surface area contributed by atoms with Crippen molar-refractivity contribution in [2.75, 3.05) is 26.4 Å². The van der Waals surface area contributed by atoms with Crippen LogP contribution >= 0.6 is 0 Å². The summed E-state index contributed by atoms with van der Waals surface area (Å²) in [5.74, 6) is -0.137. The minimum absolute atomic E-state index is 0.00493. The Balaban J connectivity index is 4.10. The Kier molecular flexibility index (Phi) is 16.3. The van der Waals surface area contributed by atoms with Gasteiger partial charge in [-0.05, 0) is 24.7 Å². The van der Waals surface area contributed by atoms with Crippen LogP contribution in [0.5, 0.6) is 0 Å². The van der Waals surface area contributed by atoms with Crippen molar-refractivity contribution < 1.29 is 23.8 Å². The second-order valence-corrected chi connectivity index (χ2v) is 7.73. The predicted molar refractivity (Wildman–Crippen MR) is 118 cm³/mol. The lowest BCUT2D eigenvalue weighted by Gasteiger charge is -2.16. The molecule has 0 aliphatic carbocycles. The normalized spacial score (nSPS) is 12.8. The molecule has 0 amide bonds. The van der Waals surface area contributed by atoms with Gasteiger partial charge in [-0.25, -0.2) is 9.59 Å². The molecule has 0 radical (unpaired) electrons. The van der Waals surface area contributed by atoms with Crippen LogP contribution in [-0.4, -0.2) is 38.4 Å². The predicted octanol–water partition coefficient (Wildman–Crippen LogP) is 5.63. The van der Waals surface area contributed by atoms with Crippen LogP contribution in [-0.2, 0) is 23.8 Å². The Hall–Kier alpha value is -1.62. The second-order valence-electron chi connectivity index (χ2n) is 7.73. The maximum Gasteiger partial charge on any atom is 0.335 e. The van der Waals surface area contributed by atoms with Crippen LogP contribution in [0.3, 0.4) is 0 Å². The molecule has 168 valence electrons. The number of unbranched alkanes of at least 4 members (excludes halogenated alkanes) is 2. The zero-order chi connectivity index (χ0) is 22.1. The van der Waals surface area contributed by atoms with Crippen molar-refractivity contribution >= 4 is 11.9 Å². The van der Waals surface area contributed by atoms with Crippen molar-refractivity contribution in [3.8, 4) is 0 Å². The highest BCUT2D eigenvalue weighted by Gasteiger charge is 2.15. The van der Waals surface area contributed by atoms with Crippen molar-refractivity contribution in [2.45, 2.75) is 79.1 Å². The minimum atomic E-state index is -0.449. The first-order chi connectivity index (χ1) is 13.9. The molecule has 0 aliphatic heterocycles. The summed E-state index contributed by atoms with van der Waals surface area (Å²) in [5, 5.41) is 0. The Morgan fingerprint density at radius 2 is 1.10 bits per heavy atom. The molecule has 0 aromatic rings. The van der Waals surface area contributed by atoms with Crippen LogP contribution < -0.4 is 0 Å². The van der Waals surface area contributed by atoms with E-state index < -0.39 is 11.9 Å². The number of rotatable bonds is 18. The van der Waals surface area contributed by atoms with Gasteiger partial charge in [0.2, 0.25) is 0 Å². The van der Waals surface area contributed by atoms with E-state index in [-0.39, 0.29) is 24.4 Å². The summed E-state index contributed by atoms with van der Waals surface area (Å²) in [6.45, 7) is 16.8. The lowest BCUT2D eigenvalue weighted by molar-refractivity contribution is -0.141. The van der Waals surface area contributed by atoms with Gasteiger partial charge >= 0.3 is 11.9 Å². The van der Waals surface area contributed by atoms with Gasteiger partial charge in [-0.1, -0.05) is 79.4 Å². The van der Waals surface area contributed by atoms with E-state index in [1.165, 1.54) is 0 Å². The van der Waals surface area contributed by atoms with Gasteiger partial charge in [-0.2, -0.15) is 0 Å². The van der Waals surface area contributed by atoms with Crippen LogP contribution in [0.4, 0.5) is 0 Å². The van der Waals surface area contributed by atoms with E-state index in [0.717, 1.165) is 51.4 Å². The molecule has 0 saturated heterocycles. The monoisotopic (exact) mass is 410 g/mol. The second kappa shape index (κ2) is 17.3. The zero-order valence-electron chi connectivity index (χ0n) is 19.1. The Morgan fingerprint density at radius 3 is 1.41 bits per heavy atom. The number of carbonyl (C=O) groups is 2. The molecule has 0 heterocycles. The van der Waals surface area contributed by atoms with Gasteiger partial charge in [-0.15, -0.1) is 0 Å². The average Bonchev–Trinajstić information content (AvgIpc) is 2.73. The highest BCUT2D eigenvalue weighted by molar-refractivity contribution is 5.88. The first kappa shape index (κ1) is 27.4. The van der Waals surface area contributed by atoms with Crippen LogP contribution in [0, 0.1) is 11.8 Å². The highest BCUT2D eigenvalue weighted by Crippen LogP contribution is 2.15. The molecule has 0 N–H and O–H groups in total. The zero-order valence-corrected chi connectivity index (χ0v) is 19.1. The molecule has 29 heavy (non-hydrogen) atoms. The molecule has 5 heteroatoms. The van der Waals surface area contributed by atoms with Gasteiger partial charge in [-0.3, -0.25) is 0 Å².